The van der Waals surface area contributed by atoms with Crippen LogP contribution in [0.4, 0.5) is 11.4 Å². The van der Waals surface area contributed by atoms with Crippen molar-refractivity contribution in [3.05, 3.63) is 94.0 Å². The molecule has 6 nitrogen and oxygen atoms in total. The lowest BCUT2D eigenvalue weighted by atomic mass is 9.87. The van der Waals surface area contributed by atoms with E-state index < -0.39 is 11.6 Å². The van der Waals surface area contributed by atoms with E-state index in [1.54, 1.807) is 50.2 Å². The average Bonchev–Trinajstić information content (AvgIpc) is 2.76. The molecule has 0 heterocycles. The normalized spacial score (nSPS) is 10.9. The maximum atomic E-state index is 13.4. The molecule has 6 heteroatoms. The Bertz CT molecular complexity index is 1310. The fraction of sp³-hybridized carbons (Fsp3) is 0.0769. The van der Waals surface area contributed by atoms with Crippen LogP contribution in [0.15, 0.2) is 60.7 Å². The van der Waals surface area contributed by atoms with Crippen molar-refractivity contribution in [3.63, 3.8) is 0 Å². The average molecular weight is 426 g/mol. The Labute approximate surface area is 184 Å². The van der Waals surface area contributed by atoms with E-state index in [1.165, 1.54) is 24.3 Å². The summed E-state index contributed by atoms with van der Waals surface area (Å²) in [4.78, 5) is 26.9. The fourth-order valence-electron chi connectivity index (χ4n) is 3.99. The maximum absolute atomic E-state index is 13.4. The molecule has 0 saturated carbocycles. The molecule has 0 aromatic heterocycles. The zero-order chi connectivity index (χ0) is 23.2. The molecule has 0 spiro atoms. The summed E-state index contributed by atoms with van der Waals surface area (Å²) < 4.78 is 0. The van der Waals surface area contributed by atoms with Crippen molar-refractivity contribution < 1.29 is 19.8 Å². The van der Waals surface area contributed by atoms with Crippen LogP contribution in [0, 0.1) is 13.8 Å². The van der Waals surface area contributed by atoms with E-state index in [0.717, 1.165) is 0 Å². The maximum Gasteiger partial charge on any atom is 0.197 e. The van der Waals surface area contributed by atoms with Gasteiger partial charge in [-0.2, -0.15) is 0 Å². The van der Waals surface area contributed by atoms with Crippen LogP contribution in [0.5, 0.6) is 11.5 Å². The Hall–Kier alpha value is -4.32. The van der Waals surface area contributed by atoms with E-state index in [9.17, 15) is 19.8 Å². The summed E-state index contributed by atoms with van der Waals surface area (Å²) in [5.74, 6) is -1.34. The molecular formula is C26H22N2O4. The number of hydrogen-bond acceptors (Lipinski definition) is 6. The van der Waals surface area contributed by atoms with Gasteiger partial charge in [0.15, 0.2) is 11.6 Å². The zero-order valence-corrected chi connectivity index (χ0v) is 17.6. The molecule has 6 N–H and O–H groups in total. The first kappa shape index (κ1) is 20.9. The standard InChI is InChI=1S/C26H22N2O4/c1-13-9-11-16-15(21(13)25(31)17-5-3-7-19(27)23(17)29)12-10-14(2)22(16)26(32)18-6-4-8-20(28)24(18)30/h3-12,29-30H,27-28H2,1-2H3. The van der Waals surface area contributed by atoms with E-state index >= 15 is 0 Å². The van der Waals surface area contributed by atoms with E-state index in [0.29, 0.717) is 33.0 Å². The number of hydrogen-bond donors (Lipinski definition) is 4. The number of phenolic OH excluding ortho intramolecular Hbond substituents is 2. The van der Waals surface area contributed by atoms with Crippen molar-refractivity contribution in [1.82, 2.24) is 0 Å². The minimum atomic E-state index is -0.396. The van der Waals surface area contributed by atoms with Crippen LogP contribution >= 0.6 is 0 Å². The number of anilines is 2. The zero-order valence-electron chi connectivity index (χ0n) is 17.6. The summed E-state index contributed by atoms with van der Waals surface area (Å²) >= 11 is 0. The number of carbonyl (C=O) groups excluding carboxylic acids is 2. The summed E-state index contributed by atoms with van der Waals surface area (Å²) in [6.07, 6.45) is 0. The second kappa shape index (κ2) is 7.74. The molecule has 0 amide bonds. The van der Waals surface area contributed by atoms with Crippen LogP contribution in [-0.4, -0.2) is 21.8 Å². The van der Waals surface area contributed by atoms with Gasteiger partial charge in [-0.3, -0.25) is 9.59 Å². The number of benzene rings is 4. The first-order valence-corrected chi connectivity index (χ1v) is 9.99. The number of ketones is 2. The highest BCUT2D eigenvalue weighted by Crippen LogP contribution is 2.35. The molecule has 4 aromatic rings. The lowest BCUT2D eigenvalue weighted by Crippen LogP contribution is -2.10. The predicted molar refractivity (Wildman–Crippen MR) is 125 cm³/mol. The minimum absolute atomic E-state index is 0.0857. The summed E-state index contributed by atoms with van der Waals surface area (Å²) in [5.41, 5.74) is 14.1. The molecule has 0 aliphatic carbocycles. The Morgan fingerprint density at radius 1 is 0.625 bits per heavy atom. The quantitative estimate of drug-likeness (QED) is 0.216. The van der Waals surface area contributed by atoms with Crippen molar-refractivity contribution in [2.24, 2.45) is 0 Å². The molecular weight excluding hydrogens is 404 g/mol. The van der Waals surface area contributed by atoms with Gasteiger partial charge >= 0.3 is 0 Å². The first-order valence-electron chi connectivity index (χ1n) is 9.99. The van der Waals surface area contributed by atoms with Gasteiger partial charge in [0.2, 0.25) is 0 Å². The highest BCUT2D eigenvalue weighted by Gasteiger charge is 2.24. The molecule has 0 saturated heterocycles. The van der Waals surface area contributed by atoms with E-state index in [-0.39, 0.29) is 34.0 Å². The summed E-state index contributed by atoms with van der Waals surface area (Å²) in [5, 5.41) is 21.8. The van der Waals surface area contributed by atoms with Crippen LogP contribution in [-0.2, 0) is 0 Å². The molecule has 0 aliphatic rings. The number of carbonyl (C=O) groups is 2. The molecule has 4 rings (SSSR count). The molecule has 0 bridgehead atoms. The topological polar surface area (TPSA) is 127 Å². The molecule has 0 aliphatic heterocycles. The molecule has 160 valence electrons. The second-order valence-electron chi connectivity index (χ2n) is 7.76. The Balaban J connectivity index is 1.98. The van der Waals surface area contributed by atoms with Crippen LogP contribution in [0.25, 0.3) is 10.8 Å². The number of aromatic hydroxyl groups is 2. The van der Waals surface area contributed by atoms with Gasteiger partial charge in [-0.1, -0.05) is 36.4 Å². The largest absolute Gasteiger partial charge is 0.505 e. The van der Waals surface area contributed by atoms with Gasteiger partial charge in [0.1, 0.15) is 11.5 Å². The Morgan fingerprint density at radius 3 is 1.38 bits per heavy atom. The van der Waals surface area contributed by atoms with E-state index in [2.05, 4.69) is 0 Å². The van der Waals surface area contributed by atoms with Crippen LogP contribution in [0.3, 0.4) is 0 Å². The summed E-state index contributed by atoms with van der Waals surface area (Å²) in [7, 11) is 0. The lowest BCUT2D eigenvalue weighted by Gasteiger charge is -2.16. The highest BCUT2D eigenvalue weighted by atomic mass is 16.3. The van der Waals surface area contributed by atoms with E-state index in [4.69, 9.17) is 11.5 Å². The van der Waals surface area contributed by atoms with Crippen LogP contribution < -0.4 is 11.5 Å². The van der Waals surface area contributed by atoms with Gasteiger partial charge in [0.25, 0.3) is 0 Å². The van der Waals surface area contributed by atoms with Gasteiger partial charge in [0, 0.05) is 11.1 Å². The van der Waals surface area contributed by atoms with Gasteiger partial charge in [-0.05, 0) is 60.0 Å². The van der Waals surface area contributed by atoms with E-state index in [1.807, 2.05) is 0 Å². The number of para-hydroxylation sites is 2. The SMILES string of the molecule is Cc1ccc2c(C(=O)c3cccc(N)c3O)c(C)ccc2c1C(=O)c1cccc(N)c1O. The molecule has 0 unspecified atom stereocenters. The Kier molecular flexibility index (Phi) is 5.06. The predicted octanol–water partition coefficient (Wildman–Crippen LogP) is 4.49. The monoisotopic (exact) mass is 426 g/mol. The third-order valence-corrected chi connectivity index (χ3v) is 5.70. The first-order chi connectivity index (χ1) is 15.2. The minimum Gasteiger partial charge on any atom is -0.505 e. The van der Waals surface area contributed by atoms with Crippen LogP contribution in [0.2, 0.25) is 0 Å². The molecule has 4 aromatic carbocycles. The highest BCUT2D eigenvalue weighted by molar-refractivity contribution is 6.24. The molecule has 0 atom stereocenters. The number of rotatable bonds is 4. The number of fused-ring (bicyclic) bond motifs is 1. The summed E-state index contributed by atoms with van der Waals surface area (Å²) in [6.45, 7) is 3.59. The third-order valence-electron chi connectivity index (χ3n) is 5.70. The van der Waals surface area contributed by atoms with Gasteiger partial charge in [-0.25, -0.2) is 0 Å². The Morgan fingerprint density at radius 2 is 1.00 bits per heavy atom. The number of nitrogen functional groups attached to an aromatic ring is 2. The fourth-order valence-corrected chi connectivity index (χ4v) is 3.99. The van der Waals surface area contributed by atoms with Gasteiger partial charge in [0.05, 0.1) is 22.5 Å². The smallest absolute Gasteiger partial charge is 0.197 e. The van der Waals surface area contributed by atoms with Gasteiger partial charge in [-0.15, -0.1) is 0 Å². The summed E-state index contributed by atoms with van der Waals surface area (Å²) in [6, 6.07) is 16.3. The number of phenols is 2. The second-order valence-corrected chi connectivity index (χ2v) is 7.76. The molecule has 0 fully saturated rings. The number of aryl methyl sites for hydroxylation is 2. The lowest BCUT2D eigenvalue weighted by molar-refractivity contribution is 0.102. The third kappa shape index (κ3) is 3.22. The van der Waals surface area contributed by atoms with Gasteiger partial charge < -0.3 is 21.7 Å². The molecule has 32 heavy (non-hydrogen) atoms. The van der Waals surface area contributed by atoms with Crippen molar-refractivity contribution in [1.29, 1.82) is 0 Å². The number of nitrogens with two attached hydrogens (primary N) is 2. The van der Waals surface area contributed by atoms with Crippen molar-refractivity contribution >= 4 is 33.7 Å². The van der Waals surface area contributed by atoms with Crippen LogP contribution in [0.1, 0.15) is 43.0 Å². The van der Waals surface area contributed by atoms with Crippen molar-refractivity contribution in [3.8, 4) is 11.5 Å². The molecule has 0 radical (unpaired) electrons. The van der Waals surface area contributed by atoms with Crippen molar-refractivity contribution in [2.75, 3.05) is 11.5 Å². The van der Waals surface area contributed by atoms with Crippen molar-refractivity contribution in [2.45, 2.75) is 13.8 Å².